The van der Waals surface area contributed by atoms with Crippen LogP contribution in [0, 0.1) is 0 Å². The van der Waals surface area contributed by atoms with Crippen molar-refractivity contribution >= 4 is 11.7 Å². The summed E-state index contributed by atoms with van der Waals surface area (Å²) in [5, 5.41) is 13.7. The fourth-order valence-corrected chi connectivity index (χ4v) is 4.71. The van der Waals surface area contributed by atoms with E-state index in [2.05, 4.69) is 6.58 Å². The maximum Gasteiger partial charge on any atom is 0.395 e. The number of benzene rings is 2. The zero-order valence-corrected chi connectivity index (χ0v) is 22.5. The second-order valence-corrected chi connectivity index (χ2v) is 10.4. The van der Waals surface area contributed by atoms with Gasteiger partial charge in [-0.15, -0.1) is 0 Å². The first-order valence-corrected chi connectivity index (χ1v) is 12.8. The number of hydrogen-bond acceptors (Lipinski definition) is 4. The van der Waals surface area contributed by atoms with Crippen LogP contribution in [-0.2, 0) is 17.9 Å². The minimum absolute atomic E-state index is 0.0310. The van der Waals surface area contributed by atoms with E-state index in [1.54, 1.807) is 35.5 Å². The van der Waals surface area contributed by atoms with Gasteiger partial charge in [-0.25, -0.2) is 9.80 Å². The Kier molecular flexibility index (Phi) is 7.80. The average Bonchev–Trinajstić information content (AvgIpc) is 2.90. The molecule has 1 atom stereocenters. The minimum Gasteiger partial charge on any atom is -0.489 e. The predicted molar refractivity (Wildman–Crippen MR) is 145 cm³/mol. The molecule has 0 fully saturated rings. The Morgan fingerprint density at radius 2 is 1.90 bits per heavy atom. The number of fused-ring (bicyclic) bond motifs is 3. The number of halogens is 3. The monoisotopic (exact) mass is 538 g/mol. The lowest BCUT2D eigenvalue weighted by molar-refractivity contribution is -0.146. The maximum absolute atomic E-state index is 14.0. The Labute approximate surface area is 227 Å². The topological polar surface area (TPSA) is 53.0 Å². The normalized spacial score (nSPS) is 17.6. The molecule has 4 rings (SSSR count). The van der Waals surface area contributed by atoms with Crippen LogP contribution in [0.4, 0.5) is 13.2 Å². The molecule has 0 saturated carbocycles. The Morgan fingerprint density at radius 3 is 2.49 bits per heavy atom. The number of hydrogen-bond donors (Lipinski definition) is 1. The van der Waals surface area contributed by atoms with Gasteiger partial charge in [0.25, 0.3) is 0 Å². The minimum atomic E-state index is -4.48. The molecule has 0 amide bonds. The van der Waals surface area contributed by atoms with Crippen LogP contribution in [0.5, 0.6) is 5.75 Å². The molecule has 0 aliphatic carbocycles. The van der Waals surface area contributed by atoms with E-state index < -0.39 is 18.1 Å². The second kappa shape index (κ2) is 10.8. The lowest BCUT2D eigenvalue weighted by Gasteiger charge is -2.50. The van der Waals surface area contributed by atoms with Crippen molar-refractivity contribution in [3.8, 4) is 5.75 Å². The van der Waals surface area contributed by atoms with Gasteiger partial charge in [-0.05, 0) is 62.1 Å². The average molecular weight is 539 g/mol. The number of carboxylic acids is 1. The molecule has 0 aromatic heterocycles. The molecule has 2 aliphatic rings. The van der Waals surface area contributed by atoms with Crippen molar-refractivity contribution in [1.29, 1.82) is 0 Å². The van der Waals surface area contributed by atoms with E-state index in [1.165, 1.54) is 6.08 Å². The fraction of sp³-hybridized carbons (Fsp3) is 0.323. The van der Waals surface area contributed by atoms with Gasteiger partial charge in [0.15, 0.2) is 0 Å². The molecule has 0 radical (unpaired) electrons. The van der Waals surface area contributed by atoms with Crippen LogP contribution in [0.1, 0.15) is 62.3 Å². The van der Waals surface area contributed by atoms with E-state index in [0.717, 1.165) is 24.5 Å². The largest absolute Gasteiger partial charge is 0.489 e. The molecule has 0 saturated heterocycles. The van der Waals surface area contributed by atoms with Crippen molar-refractivity contribution in [3.05, 3.63) is 107 Å². The summed E-state index contributed by atoms with van der Waals surface area (Å²) >= 11 is 0. The Balaban J connectivity index is 1.91. The van der Waals surface area contributed by atoms with Crippen LogP contribution in [-0.4, -0.2) is 32.8 Å². The second-order valence-electron chi connectivity index (χ2n) is 10.4. The lowest BCUT2D eigenvalue weighted by Crippen LogP contribution is -2.53. The van der Waals surface area contributed by atoms with E-state index in [1.807, 2.05) is 56.1 Å². The number of hydrazine groups is 1. The molecule has 1 N–H and O–H groups in total. The first-order chi connectivity index (χ1) is 18.4. The van der Waals surface area contributed by atoms with Crippen LogP contribution in [0.2, 0.25) is 0 Å². The first kappa shape index (κ1) is 28.2. The van der Waals surface area contributed by atoms with E-state index in [-0.39, 0.29) is 29.0 Å². The van der Waals surface area contributed by atoms with Gasteiger partial charge in [0, 0.05) is 29.4 Å². The third-order valence-corrected chi connectivity index (χ3v) is 7.48. The van der Waals surface area contributed by atoms with Crippen LogP contribution < -0.4 is 4.74 Å². The van der Waals surface area contributed by atoms with E-state index >= 15 is 0 Å². The molecule has 0 bridgehead atoms. The number of aliphatic carboxylic acids is 1. The highest BCUT2D eigenvalue weighted by atomic mass is 19.4. The lowest BCUT2D eigenvalue weighted by atomic mass is 9.88. The first-order valence-electron chi connectivity index (χ1n) is 12.8. The number of carboxylic acid groups (broad SMARTS) is 1. The molecule has 0 spiro atoms. The quantitative estimate of drug-likeness (QED) is 0.375. The van der Waals surface area contributed by atoms with Gasteiger partial charge < -0.3 is 9.84 Å². The van der Waals surface area contributed by atoms with Gasteiger partial charge in [-0.1, -0.05) is 56.0 Å². The summed E-state index contributed by atoms with van der Waals surface area (Å²) in [6.07, 6.45) is 2.60. The van der Waals surface area contributed by atoms with Crippen LogP contribution in [0.15, 0.2) is 84.6 Å². The summed E-state index contributed by atoms with van der Waals surface area (Å²) in [6.45, 7) is 11.5. The fourth-order valence-electron chi connectivity index (χ4n) is 4.71. The summed E-state index contributed by atoms with van der Waals surface area (Å²) in [4.78, 5) is 12.1. The molecule has 1 unspecified atom stereocenters. The van der Waals surface area contributed by atoms with Crippen molar-refractivity contribution in [2.24, 2.45) is 0 Å². The van der Waals surface area contributed by atoms with E-state index in [0.29, 0.717) is 23.4 Å². The van der Waals surface area contributed by atoms with E-state index in [9.17, 15) is 23.1 Å². The van der Waals surface area contributed by atoms with Gasteiger partial charge >= 0.3 is 12.1 Å². The van der Waals surface area contributed by atoms with E-state index in [4.69, 9.17) is 4.74 Å². The van der Waals surface area contributed by atoms with Crippen molar-refractivity contribution in [3.63, 3.8) is 0 Å². The smallest absolute Gasteiger partial charge is 0.395 e. The summed E-state index contributed by atoms with van der Waals surface area (Å²) in [5.41, 5.74) is 2.98. The number of allylic oxidation sites excluding steroid dienone is 3. The number of alkyl halides is 3. The Morgan fingerprint density at radius 1 is 1.21 bits per heavy atom. The molecule has 2 aromatic carbocycles. The maximum atomic E-state index is 14.0. The van der Waals surface area contributed by atoms with Gasteiger partial charge in [0.1, 0.15) is 12.4 Å². The SMILES string of the molecule is C=C/C=C1\C=C2c3cc(C(C)C(F)(F)F)c(OCc4ccccc4)cc3CN(C(C)(C)CC)N2C=C1C(=O)O. The highest BCUT2D eigenvalue weighted by Crippen LogP contribution is 2.46. The number of rotatable bonds is 8. The van der Waals surface area contributed by atoms with Crippen LogP contribution in [0.25, 0.3) is 5.70 Å². The van der Waals surface area contributed by atoms with Crippen molar-refractivity contribution in [1.82, 2.24) is 10.0 Å². The van der Waals surface area contributed by atoms with Crippen molar-refractivity contribution in [2.45, 2.75) is 64.9 Å². The van der Waals surface area contributed by atoms with Gasteiger partial charge in [-0.2, -0.15) is 13.2 Å². The summed E-state index contributed by atoms with van der Waals surface area (Å²) in [7, 11) is 0. The number of nitrogens with zero attached hydrogens (tertiary/aromatic N) is 2. The highest BCUT2D eigenvalue weighted by Gasteiger charge is 2.42. The molecule has 5 nitrogen and oxygen atoms in total. The molecule has 2 heterocycles. The Hall–Kier alpha value is -3.78. The summed E-state index contributed by atoms with van der Waals surface area (Å²) < 4.78 is 48.1. The molecule has 2 aromatic rings. The van der Waals surface area contributed by atoms with Crippen LogP contribution >= 0.6 is 0 Å². The zero-order valence-electron chi connectivity index (χ0n) is 22.5. The summed E-state index contributed by atoms with van der Waals surface area (Å²) in [6, 6.07) is 12.6. The molecule has 39 heavy (non-hydrogen) atoms. The number of ether oxygens (including phenoxy) is 1. The third-order valence-electron chi connectivity index (χ3n) is 7.48. The van der Waals surface area contributed by atoms with Gasteiger partial charge in [0.2, 0.25) is 0 Å². The van der Waals surface area contributed by atoms with Gasteiger partial charge in [0.05, 0.1) is 17.2 Å². The molecule has 206 valence electrons. The zero-order chi connectivity index (χ0) is 28.5. The summed E-state index contributed by atoms with van der Waals surface area (Å²) in [5.74, 6) is -2.69. The Bertz CT molecular complexity index is 1360. The molecular formula is C31H33F3N2O3. The highest BCUT2D eigenvalue weighted by molar-refractivity contribution is 5.95. The molecule has 2 aliphatic heterocycles. The predicted octanol–water partition coefficient (Wildman–Crippen LogP) is 7.59. The number of carbonyl (C=O) groups is 1. The molecule has 8 heteroatoms. The standard InChI is InChI=1S/C31H33F3N2O3/c1-6-11-22-14-27-25-16-24(20(3)31(32,33)34)28(39-19-21-12-9-8-10-13-21)15-23(25)17-36(30(4,5)7-2)35(27)18-26(22)29(37)38/h6,8-16,18,20H,1,7,17,19H2,2-5H3,(H,37,38)/b22-11+. The molecular weight excluding hydrogens is 505 g/mol. The van der Waals surface area contributed by atoms with Gasteiger partial charge in [-0.3, -0.25) is 5.01 Å². The van der Waals surface area contributed by atoms with Crippen LogP contribution in [0.3, 0.4) is 0 Å². The van der Waals surface area contributed by atoms with Crippen molar-refractivity contribution in [2.75, 3.05) is 0 Å². The van der Waals surface area contributed by atoms with Crippen molar-refractivity contribution < 1.29 is 27.8 Å². The third kappa shape index (κ3) is 5.66.